The van der Waals surface area contributed by atoms with Crippen LogP contribution in [0.4, 0.5) is 10.5 Å². The average Bonchev–Trinajstić information content (AvgIpc) is 3.23. The smallest absolute Gasteiger partial charge is 0.320 e. The molecule has 0 spiro atoms. The predicted molar refractivity (Wildman–Crippen MR) is 77.7 cm³/mol. The Bertz CT molecular complexity index is 439. The van der Waals surface area contributed by atoms with Gasteiger partial charge in [-0.05, 0) is 38.3 Å². The van der Waals surface area contributed by atoms with E-state index in [0.717, 1.165) is 37.2 Å². The highest BCUT2D eigenvalue weighted by molar-refractivity contribution is 5.75. The van der Waals surface area contributed by atoms with Crippen molar-refractivity contribution < 1.29 is 4.79 Å². The summed E-state index contributed by atoms with van der Waals surface area (Å²) in [5.74, 6) is 0. The van der Waals surface area contributed by atoms with E-state index in [1.807, 2.05) is 47.9 Å². The van der Waals surface area contributed by atoms with Crippen LogP contribution in [0.2, 0.25) is 0 Å². The number of carbonyl (C=O) groups is 1. The Labute approximate surface area is 115 Å². The minimum atomic E-state index is 0.135. The van der Waals surface area contributed by atoms with E-state index in [-0.39, 0.29) is 6.03 Å². The number of nitrogens with two attached hydrogens (primary N) is 1. The topological polar surface area (TPSA) is 49.6 Å². The summed E-state index contributed by atoms with van der Waals surface area (Å²) in [6, 6.07) is 8.32. The Morgan fingerprint density at radius 1 is 1.26 bits per heavy atom. The molecular weight excluding hydrogens is 238 g/mol. The molecule has 1 aromatic rings. The standard InChI is InChI=1S/C15H23N3O/c1-3-17(4-2)15(19)18(13-9-10-13)11-12-7-5-6-8-14(12)16/h5-8,13H,3-4,9-11,16H2,1-2H3. The Morgan fingerprint density at radius 3 is 2.42 bits per heavy atom. The molecule has 1 aliphatic carbocycles. The van der Waals surface area contributed by atoms with Gasteiger partial charge in [-0.1, -0.05) is 18.2 Å². The average molecular weight is 261 g/mol. The van der Waals surface area contributed by atoms with Crippen LogP contribution in [0.5, 0.6) is 0 Å². The third-order valence-corrected chi connectivity index (χ3v) is 3.66. The fraction of sp³-hybridized carbons (Fsp3) is 0.533. The minimum Gasteiger partial charge on any atom is -0.398 e. The van der Waals surface area contributed by atoms with Crippen LogP contribution < -0.4 is 5.73 Å². The number of hydrogen-bond acceptors (Lipinski definition) is 2. The molecule has 1 fully saturated rings. The molecule has 1 aromatic carbocycles. The van der Waals surface area contributed by atoms with Crippen LogP contribution >= 0.6 is 0 Å². The number of hydrogen-bond donors (Lipinski definition) is 1. The summed E-state index contributed by atoms with van der Waals surface area (Å²) in [5.41, 5.74) is 7.78. The number of para-hydroxylation sites is 1. The summed E-state index contributed by atoms with van der Waals surface area (Å²) >= 11 is 0. The van der Waals surface area contributed by atoms with E-state index in [1.165, 1.54) is 0 Å². The monoisotopic (exact) mass is 261 g/mol. The second-order valence-electron chi connectivity index (χ2n) is 5.01. The van der Waals surface area contributed by atoms with Crippen molar-refractivity contribution in [2.24, 2.45) is 0 Å². The third-order valence-electron chi connectivity index (χ3n) is 3.66. The maximum atomic E-state index is 12.5. The highest BCUT2D eigenvalue weighted by Crippen LogP contribution is 2.30. The molecule has 0 bridgehead atoms. The lowest BCUT2D eigenvalue weighted by molar-refractivity contribution is 0.151. The lowest BCUT2D eigenvalue weighted by Gasteiger charge is -2.29. The number of amides is 2. The summed E-state index contributed by atoms with van der Waals surface area (Å²) in [6.45, 7) is 6.16. The van der Waals surface area contributed by atoms with Gasteiger partial charge in [-0.15, -0.1) is 0 Å². The van der Waals surface area contributed by atoms with Gasteiger partial charge in [-0.2, -0.15) is 0 Å². The van der Waals surface area contributed by atoms with Crippen molar-refractivity contribution in [2.75, 3.05) is 18.8 Å². The molecule has 4 heteroatoms. The molecule has 0 saturated heterocycles. The quantitative estimate of drug-likeness (QED) is 0.828. The molecular formula is C15H23N3O. The number of nitrogen functional groups attached to an aromatic ring is 1. The van der Waals surface area contributed by atoms with Crippen LogP contribution in [0.25, 0.3) is 0 Å². The molecule has 0 aromatic heterocycles. The first-order valence-electron chi connectivity index (χ1n) is 7.06. The lowest BCUT2D eigenvalue weighted by Crippen LogP contribution is -2.43. The summed E-state index contributed by atoms with van der Waals surface area (Å²) < 4.78 is 0. The van der Waals surface area contributed by atoms with Crippen molar-refractivity contribution in [3.8, 4) is 0 Å². The van der Waals surface area contributed by atoms with Crippen molar-refractivity contribution in [2.45, 2.75) is 39.3 Å². The zero-order valence-electron chi connectivity index (χ0n) is 11.8. The molecule has 0 radical (unpaired) electrons. The van der Waals surface area contributed by atoms with Gasteiger partial charge < -0.3 is 15.5 Å². The highest BCUT2D eigenvalue weighted by atomic mass is 16.2. The second kappa shape index (κ2) is 5.95. The molecule has 2 N–H and O–H groups in total. The van der Waals surface area contributed by atoms with Crippen LogP contribution in [0, 0.1) is 0 Å². The van der Waals surface area contributed by atoms with Gasteiger partial charge in [0, 0.05) is 31.4 Å². The Kier molecular flexibility index (Phi) is 4.30. The van der Waals surface area contributed by atoms with Gasteiger partial charge in [-0.3, -0.25) is 0 Å². The van der Waals surface area contributed by atoms with Crippen LogP contribution in [-0.2, 0) is 6.54 Å². The van der Waals surface area contributed by atoms with Gasteiger partial charge in [0.1, 0.15) is 0 Å². The zero-order valence-corrected chi connectivity index (χ0v) is 11.8. The predicted octanol–water partition coefficient (Wildman–Crippen LogP) is 2.70. The number of anilines is 1. The van der Waals surface area contributed by atoms with E-state index in [9.17, 15) is 4.79 Å². The molecule has 1 saturated carbocycles. The van der Waals surface area contributed by atoms with E-state index in [0.29, 0.717) is 12.6 Å². The van der Waals surface area contributed by atoms with Gasteiger partial charge in [0.25, 0.3) is 0 Å². The maximum Gasteiger partial charge on any atom is 0.320 e. The minimum absolute atomic E-state index is 0.135. The van der Waals surface area contributed by atoms with E-state index in [4.69, 9.17) is 5.73 Å². The fourth-order valence-corrected chi connectivity index (χ4v) is 2.28. The molecule has 0 atom stereocenters. The number of benzene rings is 1. The lowest BCUT2D eigenvalue weighted by atomic mass is 10.1. The molecule has 104 valence electrons. The normalized spacial score (nSPS) is 14.2. The second-order valence-corrected chi connectivity index (χ2v) is 5.01. The highest BCUT2D eigenvalue weighted by Gasteiger charge is 2.34. The number of urea groups is 1. The zero-order chi connectivity index (χ0) is 13.8. The Morgan fingerprint density at radius 2 is 1.89 bits per heavy atom. The number of nitrogens with zero attached hydrogens (tertiary/aromatic N) is 2. The maximum absolute atomic E-state index is 12.5. The van der Waals surface area contributed by atoms with Gasteiger partial charge in [-0.25, -0.2) is 4.79 Å². The first kappa shape index (κ1) is 13.7. The van der Waals surface area contributed by atoms with E-state index >= 15 is 0 Å². The summed E-state index contributed by atoms with van der Waals surface area (Å²) in [4.78, 5) is 16.4. The van der Waals surface area contributed by atoms with Crippen LogP contribution in [0.3, 0.4) is 0 Å². The van der Waals surface area contributed by atoms with E-state index in [1.54, 1.807) is 0 Å². The van der Waals surface area contributed by atoms with Crippen molar-refractivity contribution >= 4 is 11.7 Å². The van der Waals surface area contributed by atoms with Gasteiger partial charge in [0.15, 0.2) is 0 Å². The van der Waals surface area contributed by atoms with E-state index in [2.05, 4.69) is 0 Å². The van der Waals surface area contributed by atoms with Crippen molar-refractivity contribution in [3.63, 3.8) is 0 Å². The molecule has 1 aliphatic rings. The SMILES string of the molecule is CCN(CC)C(=O)N(Cc1ccccc1N)C1CC1. The van der Waals surface area contributed by atoms with E-state index < -0.39 is 0 Å². The number of rotatable bonds is 5. The number of carbonyl (C=O) groups excluding carboxylic acids is 1. The third kappa shape index (κ3) is 3.19. The molecule has 2 amide bonds. The Balaban J connectivity index is 2.13. The Hall–Kier alpha value is -1.71. The van der Waals surface area contributed by atoms with Crippen molar-refractivity contribution in [3.05, 3.63) is 29.8 Å². The molecule has 0 aliphatic heterocycles. The van der Waals surface area contributed by atoms with Gasteiger partial charge in [0.05, 0.1) is 0 Å². The van der Waals surface area contributed by atoms with Crippen LogP contribution in [-0.4, -0.2) is 35.0 Å². The largest absolute Gasteiger partial charge is 0.398 e. The summed E-state index contributed by atoms with van der Waals surface area (Å²) in [6.07, 6.45) is 2.22. The molecule has 0 heterocycles. The van der Waals surface area contributed by atoms with Crippen LogP contribution in [0.1, 0.15) is 32.3 Å². The van der Waals surface area contributed by atoms with Crippen molar-refractivity contribution in [1.29, 1.82) is 0 Å². The molecule has 2 rings (SSSR count). The van der Waals surface area contributed by atoms with Crippen molar-refractivity contribution in [1.82, 2.24) is 9.80 Å². The van der Waals surface area contributed by atoms with Crippen LogP contribution in [0.15, 0.2) is 24.3 Å². The molecule has 19 heavy (non-hydrogen) atoms. The fourth-order valence-electron chi connectivity index (χ4n) is 2.28. The van der Waals surface area contributed by atoms with Gasteiger partial charge in [0.2, 0.25) is 0 Å². The summed E-state index contributed by atoms with van der Waals surface area (Å²) in [5, 5.41) is 0. The molecule has 4 nitrogen and oxygen atoms in total. The molecule has 0 unspecified atom stereocenters. The summed E-state index contributed by atoms with van der Waals surface area (Å²) in [7, 11) is 0. The van der Waals surface area contributed by atoms with Gasteiger partial charge >= 0.3 is 6.03 Å². The first-order chi connectivity index (χ1) is 9.17. The first-order valence-corrected chi connectivity index (χ1v) is 7.06.